The Kier molecular flexibility index (Phi) is 8.44. The zero-order valence-corrected chi connectivity index (χ0v) is 16.2. The molecule has 7 heteroatoms. The summed E-state index contributed by atoms with van der Waals surface area (Å²) in [4.78, 5) is 18.2. The molecule has 0 bridgehead atoms. The molecule has 0 aliphatic rings. The van der Waals surface area contributed by atoms with Crippen LogP contribution in [0, 0.1) is 0 Å². The molecule has 0 aliphatic heterocycles. The fourth-order valence-corrected chi connectivity index (χ4v) is 3.01. The molecule has 0 atom stereocenters. The van der Waals surface area contributed by atoms with Crippen LogP contribution in [0.1, 0.15) is 37.6 Å². The second-order valence-electron chi connectivity index (χ2n) is 6.72. The monoisotopic (exact) mass is 374 g/mol. The number of likely N-dealkylation sites (N-methyl/N-ethyl adjacent to an activating group) is 1. The number of hydrogen-bond donors (Lipinski definition) is 3. The third kappa shape index (κ3) is 6.16. The van der Waals surface area contributed by atoms with Crippen molar-refractivity contribution in [2.75, 3.05) is 26.7 Å². The second kappa shape index (κ2) is 10.8. The molecule has 0 fully saturated rings. The van der Waals surface area contributed by atoms with Gasteiger partial charge in [-0.2, -0.15) is 0 Å². The van der Waals surface area contributed by atoms with Crippen LogP contribution in [0.3, 0.4) is 0 Å². The summed E-state index contributed by atoms with van der Waals surface area (Å²) in [5.74, 6) is 0.520. The van der Waals surface area contributed by atoms with Crippen molar-refractivity contribution in [3.05, 3.63) is 35.7 Å². The van der Waals surface area contributed by atoms with E-state index < -0.39 is 5.91 Å². The van der Waals surface area contributed by atoms with Crippen LogP contribution in [-0.2, 0) is 17.8 Å². The first-order chi connectivity index (χ1) is 13.1. The molecular weight excluding hydrogens is 344 g/mol. The second-order valence-corrected chi connectivity index (χ2v) is 6.72. The number of rotatable bonds is 11. The van der Waals surface area contributed by atoms with Gasteiger partial charge in [0, 0.05) is 38.7 Å². The predicted octanol–water partition coefficient (Wildman–Crippen LogP) is 2.21. The molecular formula is C20H30N4O3. The number of aliphatic hydroxyl groups is 1. The number of nitrogens with one attached hydrogen (secondary N) is 1. The number of carbonyl (C=O) groups is 1. The van der Waals surface area contributed by atoms with Crippen molar-refractivity contribution in [3.63, 3.8) is 0 Å². The van der Waals surface area contributed by atoms with Crippen molar-refractivity contribution in [1.82, 2.24) is 19.9 Å². The third-order valence-corrected chi connectivity index (χ3v) is 4.55. The van der Waals surface area contributed by atoms with E-state index in [1.54, 1.807) is 11.6 Å². The number of nitrogens with zero attached hydrogens (tertiary/aromatic N) is 3. The van der Waals surface area contributed by atoms with Crippen LogP contribution in [0.4, 0.5) is 0 Å². The highest BCUT2D eigenvalue weighted by Crippen LogP contribution is 2.20. The molecule has 1 aromatic heterocycles. The van der Waals surface area contributed by atoms with Gasteiger partial charge in [-0.1, -0.05) is 19.4 Å². The molecule has 148 valence electrons. The molecule has 2 aromatic rings. The molecule has 1 heterocycles. The van der Waals surface area contributed by atoms with E-state index >= 15 is 0 Å². The van der Waals surface area contributed by atoms with Crippen LogP contribution in [0.25, 0.3) is 17.1 Å². The number of imidazole rings is 1. The standard InChI is InChI=1S/C20H30N4O3/c1-3-4-6-19-21-17-15-16(8-10-20(26)22-27)7-9-18(17)24(19)13-12-23(2)11-5-14-25/h7-10,15,25,27H,3-6,11-14H2,1-2H3,(H,22,26). The van der Waals surface area contributed by atoms with E-state index in [0.717, 1.165) is 67.7 Å². The van der Waals surface area contributed by atoms with Gasteiger partial charge in [0.2, 0.25) is 0 Å². The van der Waals surface area contributed by atoms with Crippen molar-refractivity contribution in [3.8, 4) is 0 Å². The fraction of sp³-hybridized carbons (Fsp3) is 0.500. The maximum atomic E-state index is 11.2. The predicted molar refractivity (Wildman–Crippen MR) is 107 cm³/mol. The van der Waals surface area contributed by atoms with Crippen LogP contribution in [0.15, 0.2) is 24.3 Å². The Morgan fingerprint density at radius 2 is 2.15 bits per heavy atom. The summed E-state index contributed by atoms with van der Waals surface area (Å²) in [6, 6.07) is 5.93. The Balaban J connectivity index is 2.24. The molecule has 1 aromatic carbocycles. The summed E-state index contributed by atoms with van der Waals surface area (Å²) in [6.07, 6.45) is 6.85. The molecule has 0 unspecified atom stereocenters. The van der Waals surface area contributed by atoms with Crippen molar-refractivity contribution < 1.29 is 15.1 Å². The Bertz CT molecular complexity index is 770. The van der Waals surface area contributed by atoms with Gasteiger partial charge < -0.3 is 14.6 Å². The maximum Gasteiger partial charge on any atom is 0.267 e. The summed E-state index contributed by atoms with van der Waals surface area (Å²) in [7, 11) is 2.07. The number of benzene rings is 1. The zero-order chi connectivity index (χ0) is 19.6. The average molecular weight is 374 g/mol. The van der Waals surface area contributed by atoms with Gasteiger partial charge in [-0.05, 0) is 43.7 Å². The van der Waals surface area contributed by atoms with Gasteiger partial charge in [0.05, 0.1) is 11.0 Å². The molecule has 27 heavy (non-hydrogen) atoms. The summed E-state index contributed by atoms with van der Waals surface area (Å²) in [6.45, 7) is 4.99. The van der Waals surface area contributed by atoms with E-state index in [2.05, 4.69) is 23.4 Å². The first-order valence-corrected chi connectivity index (χ1v) is 9.49. The topological polar surface area (TPSA) is 90.6 Å². The number of aliphatic hydroxyl groups excluding tert-OH is 1. The lowest BCUT2D eigenvalue weighted by Gasteiger charge is -2.17. The van der Waals surface area contributed by atoms with Crippen molar-refractivity contribution >= 4 is 23.0 Å². The minimum atomic E-state index is -0.560. The number of aryl methyl sites for hydroxylation is 1. The third-order valence-electron chi connectivity index (χ3n) is 4.55. The molecule has 2 rings (SSSR count). The molecule has 3 N–H and O–H groups in total. The van der Waals surface area contributed by atoms with Crippen LogP contribution < -0.4 is 5.48 Å². The Morgan fingerprint density at radius 1 is 1.33 bits per heavy atom. The van der Waals surface area contributed by atoms with E-state index in [-0.39, 0.29) is 6.61 Å². The quantitative estimate of drug-likeness (QED) is 0.319. The Labute approximate surface area is 160 Å². The first kappa shape index (κ1) is 21.1. The largest absolute Gasteiger partial charge is 0.396 e. The lowest BCUT2D eigenvalue weighted by Crippen LogP contribution is -2.25. The van der Waals surface area contributed by atoms with Crippen LogP contribution in [0.5, 0.6) is 0 Å². The number of aromatic nitrogens is 2. The SMILES string of the molecule is CCCCc1nc2cc(C=CC(=O)NO)ccc2n1CCN(C)CCCO. The average Bonchev–Trinajstić information content (AvgIpc) is 3.03. The van der Waals surface area contributed by atoms with Crippen LogP contribution in [0.2, 0.25) is 0 Å². The highest BCUT2D eigenvalue weighted by atomic mass is 16.5. The van der Waals surface area contributed by atoms with Gasteiger partial charge in [0.15, 0.2) is 0 Å². The van der Waals surface area contributed by atoms with Crippen LogP contribution >= 0.6 is 0 Å². The minimum absolute atomic E-state index is 0.213. The van der Waals surface area contributed by atoms with E-state index in [9.17, 15) is 4.79 Å². The molecule has 7 nitrogen and oxygen atoms in total. The first-order valence-electron chi connectivity index (χ1n) is 9.49. The highest BCUT2D eigenvalue weighted by molar-refractivity contribution is 5.91. The summed E-state index contributed by atoms with van der Waals surface area (Å²) < 4.78 is 2.27. The normalized spacial score (nSPS) is 11.7. The fourth-order valence-electron chi connectivity index (χ4n) is 3.01. The van der Waals surface area contributed by atoms with E-state index in [1.807, 2.05) is 18.2 Å². The number of unbranched alkanes of at least 4 members (excludes halogenated alkanes) is 1. The van der Waals surface area contributed by atoms with Crippen molar-refractivity contribution in [2.45, 2.75) is 39.2 Å². The Morgan fingerprint density at radius 3 is 2.85 bits per heavy atom. The molecule has 0 aliphatic carbocycles. The number of amides is 1. The number of hydroxylamine groups is 1. The van der Waals surface area contributed by atoms with E-state index in [1.165, 1.54) is 6.08 Å². The zero-order valence-electron chi connectivity index (χ0n) is 16.2. The summed E-state index contributed by atoms with van der Waals surface area (Å²) >= 11 is 0. The molecule has 0 radical (unpaired) electrons. The lowest BCUT2D eigenvalue weighted by atomic mass is 10.2. The smallest absolute Gasteiger partial charge is 0.267 e. The number of carbonyl (C=O) groups excluding carboxylic acids is 1. The molecule has 0 spiro atoms. The van der Waals surface area contributed by atoms with Gasteiger partial charge in [-0.15, -0.1) is 0 Å². The van der Waals surface area contributed by atoms with Crippen LogP contribution in [-0.4, -0.2) is 57.4 Å². The molecule has 0 saturated carbocycles. The van der Waals surface area contributed by atoms with Crippen molar-refractivity contribution in [1.29, 1.82) is 0 Å². The number of hydrogen-bond acceptors (Lipinski definition) is 5. The van der Waals surface area contributed by atoms with Gasteiger partial charge >= 0.3 is 0 Å². The van der Waals surface area contributed by atoms with E-state index in [0.29, 0.717) is 0 Å². The van der Waals surface area contributed by atoms with Gasteiger partial charge in [-0.25, -0.2) is 10.5 Å². The lowest BCUT2D eigenvalue weighted by molar-refractivity contribution is -0.124. The molecule has 1 amide bonds. The Hall–Kier alpha value is -2.22. The summed E-state index contributed by atoms with van der Waals surface area (Å²) in [5.41, 5.74) is 4.44. The van der Waals surface area contributed by atoms with Crippen molar-refractivity contribution in [2.24, 2.45) is 0 Å². The maximum absolute atomic E-state index is 11.2. The number of fused-ring (bicyclic) bond motifs is 1. The van der Waals surface area contributed by atoms with Gasteiger partial charge in [0.25, 0.3) is 5.91 Å². The van der Waals surface area contributed by atoms with Gasteiger partial charge in [-0.3, -0.25) is 10.0 Å². The highest BCUT2D eigenvalue weighted by Gasteiger charge is 2.11. The minimum Gasteiger partial charge on any atom is -0.396 e. The molecule has 0 saturated heterocycles. The van der Waals surface area contributed by atoms with E-state index in [4.69, 9.17) is 15.3 Å². The van der Waals surface area contributed by atoms with Gasteiger partial charge in [0.1, 0.15) is 5.82 Å². The summed E-state index contributed by atoms with van der Waals surface area (Å²) in [5, 5.41) is 17.6.